The fourth-order valence-corrected chi connectivity index (χ4v) is 3.08. The largest absolute Gasteiger partial charge is 0.422 e. The molecule has 0 amide bonds. The van der Waals surface area contributed by atoms with Crippen LogP contribution in [0.2, 0.25) is 0 Å². The van der Waals surface area contributed by atoms with Crippen LogP contribution in [0.1, 0.15) is 15.9 Å². The Morgan fingerprint density at radius 1 is 1.16 bits per heavy atom. The summed E-state index contributed by atoms with van der Waals surface area (Å²) >= 11 is 8.92. The van der Waals surface area contributed by atoms with Gasteiger partial charge in [0.05, 0.1) is 10.0 Å². The van der Waals surface area contributed by atoms with Gasteiger partial charge in [-0.25, -0.2) is 4.79 Å². The van der Waals surface area contributed by atoms with E-state index in [2.05, 4.69) is 54.5 Å². The molecule has 2 nitrogen and oxygen atoms in total. The van der Waals surface area contributed by atoms with E-state index in [-0.39, 0.29) is 5.97 Å². The molecule has 0 aliphatic heterocycles. The maximum atomic E-state index is 12.1. The first-order valence-corrected chi connectivity index (χ1v) is 8.07. The van der Waals surface area contributed by atoms with Crippen LogP contribution in [0.3, 0.4) is 0 Å². The van der Waals surface area contributed by atoms with Crippen LogP contribution >= 0.6 is 54.5 Å². The molecule has 5 heteroatoms. The maximum absolute atomic E-state index is 12.1. The van der Waals surface area contributed by atoms with Crippen molar-refractivity contribution in [2.24, 2.45) is 0 Å². The third-order valence-electron chi connectivity index (χ3n) is 2.50. The third-order valence-corrected chi connectivity index (χ3v) is 4.78. The zero-order valence-corrected chi connectivity index (χ0v) is 15.2. The highest BCUT2D eigenvalue weighted by atomic mass is 127. The van der Waals surface area contributed by atoms with Gasteiger partial charge >= 0.3 is 5.97 Å². The lowest BCUT2D eigenvalue weighted by atomic mass is 10.1. The fraction of sp³-hybridized carbons (Fsp3) is 0.0714. The van der Waals surface area contributed by atoms with E-state index in [1.54, 1.807) is 12.1 Å². The van der Waals surface area contributed by atoms with Crippen molar-refractivity contribution in [2.45, 2.75) is 6.92 Å². The first kappa shape index (κ1) is 15.0. The number of carbonyl (C=O) groups is 1. The molecular formula is C14H9Br2IO2. The van der Waals surface area contributed by atoms with E-state index in [0.29, 0.717) is 11.3 Å². The van der Waals surface area contributed by atoms with E-state index in [1.165, 1.54) is 0 Å². The van der Waals surface area contributed by atoms with Crippen LogP contribution in [0.4, 0.5) is 0 Å². The number of halogens is 3. The summed E-state index contributed by atoms with van der Waals surface area (Å²) in [5.74, 6) is 0.143. The van der Waals surface area contributed by atoms with Gasteiger partial charge in [-0.2, -0.15) is 0 Å². The monoisotopic (exact) mass is 494 g/mol. The van der Waals surface area contributed by atoms with Gasteiger partial charge in [-0.1, -0.05) is 22.0 Å². The van der Waals surface area contributed by atoms with E-state index < -0.39 is 0 Å². The molecule has 0 heterocycles. The van der Waals surface area contributed by atoms with Crippen molar-refractivity contribution in [1.82, 2.24) is 0 Å². The molecule has 2 rings (SSSR count). The van der Waals surface area contributed by atoms with Gasteiger partial charge in [-0.05, 0) is 81.3 Å². The lowest BCUT2D eigenvalue weighted by molar-refractivity contribution is 0.0733. The minimum Gasteiger partial charge on any atom is -0.422 e. The van der Waals surface area contributed by atoms with E-state index in [4.69, 9.17) is 4.74 Å². The SMILES string of the molecule is Cc1ccc(C(=O)Oc2ccc(Br)cc2Br)cc1I. The number of hydrogen-bond donors (Lipinski definition) is 0. The topological polar surface area (TPSA) is 26.3 Å². The highest BCUT2D eigenvalue weighted by Crippen LogP contribution is 2.29. The summed E-state index contributed by atoms with van der Waals surface area (Å²) in [6.45, 7) is 2.00. The van der Waals surface area contributed by atoms with Crippen molar-refractivity contribution in [2.75, 3.05) is 0 Å². The Morgan fingerprint density at radius 3 is 2.53 bits per heavy atom. The first-order chi connectivity index (χ1) is 8.97. The normalized spacial score (nSPS) is 10.3. The molecule has 0 N–H and O–H groups in total. The van der Waals surface area contributed by atoms with E-state index in [0.717, 1.165) is 18.1 Å². The summed E-state index contributed by atoms with van der Waals surface area (Å²) in [7, 11) is 0. The molecule has 0 aliphatic carbocycles. The summed E-state index contributed by atoms with van der Waals surface area (Å²) < 4.78 is 8.07. The minimum absolute atomic E-state index is 0.360. The fourth-order valence-electron chi connectivity index (χ4n) is 1.44. The Kier molecular flexibility index (Phi) is 5.03. The molecule has 19 heavy (non-hydrogen) atoms. The summed E-state index contributed by atoms with van der Waals surface area (Å²) in [5.41, 5.74) is 1.69. The van der Waals surface area contributed by atoms with Crippen LogP contribution < -0.4 is 4.74 Å². The quantitative estimate of drug-likeness (QED) is 0.319. The van der Waals surface area contributed by atoms with E-state index >= 15 is 0 Å². The van der Waals surface area contributed by atoms with Gasteiger partial charge < -0.3 is 4.74 Å². The molecule has 2 aromatic rings. The Balaban J connectivity index is 2.23. The Morgan fingerprint density at radius 2 is 1.89 bits per heavy atom. The van der Waals surface area contributed by atoms with Crippen molar-refractivity contribution in [3.8, 4) is 5.75 Å². The smallest absolute Gasteiger partial charge is 0.343 e. The number of rotatable bonds is 2. The second-order valence-corrected chi connectivity index (χ2v) is 6.86. The summed E-state index contributed by atoms with van der Waals surface area (Å²) in [5, 5.41) is 0. The molecule has 0 spiro atoms. The molecule has 0 aromatic heterocycles. The summed E-state index contributed by atoms with van der Waals surface area (Å²) in [4.78, 5) is 12.1. The first-order valence-electron chi connectivity index (χ1n) is 5.41. The van der Waals surface area contributed by atoms with Crippen molar-refractivity contribution in [1.29, 1.82) is 0 Å². The maximum Gasteiger partial charge on any atom is 0.343 e. The number of benzene rings is 2. The average molecular weight is 496 g/mol. The Bertz CT molecular complexity index is 641. The van der Waals surface area contributed by atoms with Crippen molar-refractivity contribution >= 4 is 60.4 Å². The number of esters is 1. The molecule has 0 saturated carbocycles. The molecule has 0 bridgehead atoms. The van der Waals surface area contributed by atoms with E-state index in [9.17, 15) is 4.79 Å². The molecule has 0 saturated heterocycles. The number of ether oxygens (including phenoxy) is 1. The molecule has 98 valence electrons. The lowest BCUT2D eigenvalue weighted by Crippen LogP contribution is -2.09. The molecule has 0 radical (unpaired) electrons. The molecule has 0 unspecified atom stereocenters. The molecule has 0 atom stereocenters. The van der Waals surface area contributed by atoms with Crippen LogP contribution in [0, 0.1) is 10.5 Å². The number of aryl methyl sites for hydroxylation is 1. The van der Waals surface area contributed by atoms with Crippen LogP contribution in [0.25, 0.3) is 0 Å². The zero-order valence-electron chi connectivity index (χ0n) is 9.91. The predicted octanol–water partition coefficient (Wildman–Crippen LogP) is 5.34. The Labute approximate surface area is 141 Å². The van der Waals surface area contributed by atoms with E-state index in [1.807, 2.05) is 31.2 Å². The van der Waals surface area contributed by atoms with Gasteiger partial charge in [0, 0.05) is 8.04 Å². The van der Waals surface area contributed by atoms with Crippen molar-refractivity contribution in [3.63, 3.8) is 0 Å². The second-order valence-electron chi connectivity index (χ2n) is 3.93. The molecular weight excluding hydrogens is 487 g/mol. The van der Waals surface area contributed by atoms with Crippen molar-refractivity contribution < 1.29 is 9.53 Å². The van der Waals surface area contributed by atoms with Crippen molar-refractivity contribution in [3.05, 3.63) is 60.0 Å². The lowest BCUT2D eigenvalue weighted by Gasteiger charge is -2.07. The third kappa shape index (κ3) is 3.79. The standard InChI is InChI=1S/C14H9Br2IO2/c1-8-2-3-9(6-12(8)17)14(18)19-13-5-4-10(15)7-11(13)16/h2-7H,1H3. The van der Waals surface area contributed by atoms with Gasteiger partial charge in [0.1, 0.15) is 5.75 Å². The average Bonchev–Trinajstić information content (AvgIpc) is 2.36. The predicted molar refractivity (Wildman–Crippen MR) is 90.7 cm³/mol. The minimum atomic E-state index is -0.360. The van der Waals surface area contributed by atoms with Gasteiger partial charge in [-0.15, -0.1) is 0 Å². The zero-order chi connectivity index (χ0) is 14.0. The van der Waals surface area contributed by atoms with Gasteiger partial charge in [0.2, 0.25) is 0 Å². The molecule has 2 aromatic carbocycles. The van der Waals surface area contributed by atoms with Crippen LogP contribution in [-0.2, 0) is 0 Å². The molecule has 0 fully saturated rings. The molecule has 0 aliphatic rings. The van der Waals surface area contributed by atoms with Crippen LogP contribution in [0.5, 0.6) is 5.75 Å². The highest BCUT2D eigenvalue weighted by Gasteiger charge is 2.12. The summed E-state index contributed by atoms with van der Waals surface area (Å²) in [6, 6.07) is 10.9. The Hall–Kier alpha value is -0.400. The van der Waals surface area contributed by atoms with Crippen LogP contribution in [-0.4, -0.2) is 5.97 Å². The van der Waals surface area contributed by atoms with Crippen LogP contribution in [0.15, 0.2) is 45.3 Å². The van der Waals surface area contributed by atoms with Gasteiger partial charge in [0.15, 0.2) is 0 Å². The second kappa shape index (κ2) is 6.37. The number of hydrogen-bond acceptors (Lipinski definition) is 2. The highest BCUT2D eigenvalue weighted by molar-refractivity contribution is 14.1. The van der Waals surface area contributed by atoms with Gasteiger partial charge in [-0.3, -0.25) is 0 Å². The summed E-state index contributed by atoms with van der Waals surface area (Å²) in [6.07, 6.45) is 0. The number of carbonyl (C=O) groups excluding carboxylic acids is 1. The van der Waals surface area contributed by atoms with Gasteiger partial charge in [0.25, 0.3) is 0 Å².